The normalized spacial score (nSPS) is 11.1. The average molecular weight is 287 g/mol. The number of hydrogen-bond donors (Lipinski definition) is 0. The van der Waals surface area contributed by atoms with Gasteiger partial charge in [-0.1, -0.05) is 31.2 Å². The minimum absolute atomic E-state index is 0.432. The second kappa shape index (κ2) is 5.59. The van der Waals surface area contributed by atoms with Crippen molar-refractivity contribution in [2.24, 2.45) is 0 Å². The van der Waals surface area contributed by atoms with Gasteiger partial charge in [0.05, 0.1) is 12.1 Å². The van der Waals surface area contributed by atoms with Crippen LogP contribution in [0.25, 0.3) is 10.9 Å². The summed E-state index contributed by atoms with van der Waals surface area (Å²) in [5.74, 6) is 0.922. The van der Waals surface area contributed by atoms with E-state index in [2.05, 4.69) is 40.3 Å². The maximum Gasteiger partial charge on any atom is 0.225 e. The summed E-state index contributed by atoms with van der Waals surface area (Å²) in [6.45, 7) is 2.77. The Morgan fingerprint density at radius 3 is 2.85 bits per heavy atom. The quantitative estimate of drug-likeness (QED) is 0.737. The third-order valence-electron chi connectivity index (χ3n) is 3.30. The van der Waals surface area contributed by atoms with E-state index in [0.29, 0.717) is 11.8 Å². The van der Waals surface area contributed by atoms with E-state index in [1.165, 1.54) is 0 Å². The van der Waals surface area contributed by atoms with Gasteiger partial charge in [-0.05, 0) is 29.7 Å². The molecule has 0 bridgehead atoms. The molecule has 0 amide bonds. The lowest BCUT2D eigenvalue weighted by atomic mass is 10.1. The summed E-state index contributed by atoms with van der Waals surface area (Å²) in [6, 6.07) is 10.2. The first-order valence-electron chi connectivity index (χ1n) is 6.70. The van der Waals surface area contributed by atoms with Crippen LogP contribution in [0.15, 0.2) is 36.5 Å². The average Bonchev–Trinajstić information content (AvgIpc) is 2.81. The summed E-state index contributed by atoms with van der Waals surface area (Å²) < 4.78 is 1.95. The zero-order valence-electron chi connectivity index (χ0n) is 11.3. The van der Waals surface area contributed by atoms with Gasteiger partial charge in [0.2, 0.25) is 5.28 Å². The van der Waals surface area contributed by atoms with E-state index < -0.39 is 0 Å². The summed E-state index contributed by atoms with van der Waals surface area (Å²) in [6.07, 6.45) is 3.70. The fourth-order valence-electron chi connectivity index (χ4n) is 2.34. The van der Waals surface area contributed by atoms with Crippen LogP contribution >= 0.6 is 11.6 Å². The highest BCUT2D eigenvalue weighted by Crippen LogP contribution is 2.19. The van der Waals surface area contributed by atoms with E-state index in [0.717, 1.165) is 35.1 Å². The minimum atomic E-state index is 0.432. The molecular weight excluding hydrogens is 272 g/mol. The maximum atomic E-state index is 6.15. The lowest BCUT2D eigenvalue weighted by Gasteiger charge is -2.09. The Balaban J connectivity index is 2.03. The Morgan fingerprint density at radius 1 is 1.15 bits per heavy atom. The fraction of sp³-hybridized carbons (Fsp3) is 0.267. The predicted octanol–water partition coefficient (Wildman–Crippen LogP) is 3.48. The molecule has 2 heterocycles. The molecule has 0 fully saturated rings. The first kappa shape index (κ1) is 13.1. The molecule has 0 aliphatic rings. The number of rotatable bonds is 4. The van der Waals surface area contributed by atoms with Gasteiger partial charge in [0.15, 0.2) is 0 Å². The topological polar surface area (TPSA) is 43.6 Å². The lowest BCUT2D eigenvalue weighted by Crippen LogP contribution is -2.06. The van der Waals surface area contributed by atoms with Crippen molar-refractivity contribution in [3.63, 3.8) is 0 Å². The third kappa shape index (κ3) is 2.39. The highest BCUT2D eigenvalue weighted by atomic mass is 35.5. The van der Waals surface area contributed by atoms with Gasteiger partial charge in [0.25, 0.3) is 0 Å². The fourth-order valence-corrected chi connectivity index (χ4v) is 2.54. The molecule has 1 aromatic carbocycles. The summed E-state index contributed by atoms with van der Waals surface area (Å²) in [4.78, 5) is 4.47. The van der Waals surface area contributed by atoms with Crippen LogP contribution in [0.5, 0.6) is 0 Å². The Bertz CT molecular complexity index is 730. The number of aromatic nitrogens is 4. The number of aryl methyl sites for hydroxylation is 1. The van der Waals surface area contributed by atoms with E-state index >= 15 is 0 Å². The number of pyridine rings is 1. The third-order valence-corrected chi connectivity index (χ3v) is 3.58. The minimum Gasteiger partial charge on any atom is -0.297 e. The zero-order valence-corrected chi connectivity index (χ0v) is 12.0. The molecule has 0 aliphatic heterocycles. The monoisotopic (exact) mass is 286 g/mol. The molecule has 20 heavy (non-hydrogen) atoms. The second-order valence-corrected chi connectivity index (χ2v) is 5.05. The molecule has 0 atom stereocenters. The number of para-hydroxylation sites is 1. The SMILES string of the molecule is CCCc1nnc(Cl)n1Cc1cccc2cccnc12. The van der Waals surface area contributed by atoms with Gasteiger partial charge < -0.3 is 0 Å². The van der Waals surface area contributed by atoms with Gasteiger partial charge in [-0.3, -0.25) is 9.55 Å². The van der Waals surface area contributed by atoms with Crippen molar-refractivity contribution in [1.29, 1.82) is 0 Å². The van der Waals surface area contributed by atoms with Gasteiger partial charge in [-0.2, -0.15) is 0 Å². The van der Waals surface area contributed by atoms with Crippen molar-refractivity contribution in [1.82, 2.24) is 19.7 Å². The summed E-state index contributed by atoms with van der Waals surface area (Å²) in [7, 11) is 0. The lowest BCUT2D eigenvalue weighted by molar-refractivity contribution is 0.707. The van der Waals surface area contributed by atoms with E-state index in [9.17, 15) is 0 Å². The molecule has 0 saturated heterocycles. The van der Waals surface area contributed by atoms with Gasteiger partial charge in [-0.25, -0.2) is 0 Å². The van der Waals surface area contributed by atoms with Gasteiger partial charge in [0, 0.05) is 18.0 Å². The van der Waals surface area contributed by atoms with Crippen molar-refractivity contribution in [3.8, 4) is 0 Å². The van der Waals surface area contributed by atoms with Crippen molar-refractivity contribution in [2.75, 3.05) is 0 Å². The molecule has 0 aliphatic carbocycles. The highest BCUT2D eigenvalue weighted by Gasteiger charge is 2.11. The molecule has 102 valence electrons. The van der Waals surface area contributed by atoms with E-state index in [4.69, 9.17) is 11.6 Å². The largest absolute Gasteiger partial charge is 0.297 e. The first-order chi connectivity index (χ1) is 9.79. The van der Waals surface area contributed by atoms with Gasteiger partial charge in [0.1, 0.15) is 5.82 Å². The number of benzene rings is 1. The van der Waals surface area contributed by atoms with E-state index in [1.807, 2.05) is 22.9 Å². The maximum absolute atomic E-state index is 6.15. The van der Waals surface area contributed by atoms with E-state index in [1.54, 1.807) is 0 Å². The van der Waals surface area contributed by atoms with Crippen LogP contribution in [0.1, 0.15) is 24.7 Å². The number of hydrogen-bond acceptors (Lipinski definition) is 3. The zero-order chi connectivity index (χ0) is 13.9. The molecule has 0 saturated carbocycles. The summed E-state index contributed by atoms with van der Waals surface area (Å²) >= 11 is 6.15. The molecule has 2 aromatic heterocycles. The van der Waals surface area contributed by atoms with Crippen LogP contribution in [-0.2, 0) is 13.0 Å². The number of nitrogens with zero attached hydrogens (tertiary/aromatic N) is 4. The van der Waals surface area contributed by atoms with Gasteiger partial charge in [-0.15, -0.1) is 10.2 Å². The number of fused-ring (bicyclic) bond motifs is 1. The predicted molar refractivity (Wildman–Crippen MR) is 79.9 cm³/mol. The van der Waals surface area contributed by atoms with Gasteiger partial charge >= 0.3 is 0 Å². The Labute approximate surface area is 122 Å². The van der Waals surface area contributed by atoms with E-state index in [-0.39, 0.29) is 0 Å². The molecule has 0 N–H and O–H groups in total. The first-order valence-corrected chi connectivity index (χ1v) is 7.07. The molecule has 0 unspecified atom stereocenters. The second-order valence-electron chi connectivity index (χ2n) is 4.71. The molecule has 0 radical (unpaired) electrons. The molecule has 4 nitrogen and oxygen atoms in total. The van der Waals surface area contributed by atoms with Crippen molar-refractivity contribution in [2.45, 2.75) is 26.3 Å². The van der Waals surface area contributed by atoms with Crippen molar-refractivity contribution < 1.29 is 0 Å². The Morgan fingerprint density at radius 2 is 2.00 bits per heavy atom. The van der Waals surface area contributed by atoms with Crippen LogP contribution in [-0.4, -0.2) is 19.7 Å². The van der Waals surface area contributed by atoms with Crippen molar-refractivity contribution in [3.05, 3.63) is 53.2 Å². The Kier molecular flexibility index (Phi) is 3.65. The molecular formula is C15H15ClN4. The number of halogens is 1. The molecule has 3 rings (SSSR count). The van der Waals surface area contributed by atoms with Crippen LogP contribution in [0.4, 0.5) is 0 Å². The van der Waals surface area contributed by atoms with Crippen LogP contribution < -0.4 is 0 Å². The molecule has 5 heteroatoms. The van der Waals surface area contributed by atoms with Crippen LogP contribution in [0.3, 0.4) is 0 Å². The summed E-state index contributed by atoms with van der Waals surface area (Å²) in [5, 5.41) is 9.67. The summed E-state index contributed by atoms with van der Waals surface area (Å²) in [5.41, 5.74) is 2.13. The van der Waals surface area contributed by atoms with Crippen molar-refractivity contribution >= 4 is 22.5 Å². The van der Waals surface area contributed by atoms with Crippen LogP contribution in [0.2, 0.25) is 5.28 Å². The van der Waals surface area contributed by atoms with Crippen LogP contribution in [0, 0.1) is 0 Å². The molecule has 0 spiro atoms. The molecule has 3 aromatic rings. The highest BCUT2D eigenvalue weighted by molar-refractivity contribution is 6.28. The smallest absolute Gasteiger partial charge is 0.225 e. The Hall–Kier alpha value is -1.94. The standard InChI is InChI=1S/C15H15ClN4/c1-2-5-13-18-19-15(16)20(13)10-12-7-3-6-11-8-4-9-17-14(11)12/h3-4,6-9H,2,5,10H2,1H3.